The average Bonchev–Trinajstić information content (AvgIpc) is 2.37. The van der Waals surface area contributed by atoms with Gasteiger partial charge in [0.1, 0.15) is 10.2 Å². The van der Waals surface area contributed by atoms with Gasteiger partial charge in [-0.3, -0.25) is 0 Å². The predicted molar refractivity (Wildman–Crippen MR) is 76.4 cm³/mol. The number of para-hydroxylation sites is 1. The van der Waals surface area contributed by atoms with Gasteiger partial charge < -0.3 is 9.47 Å². The standard InChI is InChI=1S/C14H18Cl2O2/c15-14(16)9-12-17-10-5-2-6-11-18-13-7-3-1-4-8-13/h1,3-4,7-9H,2,5-6,10-12H2. The van der Waals surface area contributed by atoms with E-state index in [4.69, 9.17) is 32.7 Å². The lowest BCUT2D eigenvalue weighted by atomic mass is 10.2. The largest absolute Gasteiger partial charge is 0.494 e. The van der Waals surface area contributed by atoms with Gasteiger partial charge in [0.2, 0.25) is 0 Å². The van der Waals surface area contributed by atoms with Crippen LogP contribution >= 0.6 is 23.2 Å². The Morgan fingerprint density at radius 2 is 1.72 bits per heavy atom. The Morgan fingerprint density at radius 3 is 2.44 bits per heavy atom. The Hall–Kier alpha value is -0.700. The van der Waals surface area contributed by atoms with E-state index < -0.39 is 0 Å². The van der Waals surface area contributed by atoms with Crippen LogP contribution in [-0.2, 0) is 4.74 Å². The molecule has 0 saturated carbocycles. The highest BCUT2D eigenvalue weighted by Crippen LogP contribution is 2.09. The third kappa shape index (κ3) is 8.40. The van der Waals surface area contributed by atoms with Crippen LogP contribution in [-0.4, -0.2) is 19.8 Å². The predicted octanol–water partition coefficient (Wildman–Crippen LogP) is 4.57. The van der Waals surface area contributed by atoms with E-state index in [-0.39, 0.29) is 4.49 Å². The highest BCUT2D eigenvalue weighted by atomic mass is 35.5. The Bertz CT molecular complexity index is 335. The van der Waals surface area contributed by atoms with Crippen LogP contribution in [0.3, 0.4) is 0 Å². The molecule has 0 bridgehead atoms. The maximum atomic E-state index is 5.58. The zero-order valence-corrected chi connectivity index (χ0v) is 11.8. The van der Waals surface area contributed by atoms with E-state index >= 15 is 0 Å². The molecular weight excluding hydrogens is 271 g/mol. The molecule has 1 rings (SSSR count). The van der Waals surface area contributed by atoms with Crippen LogP contribution in [0.2, 0.25) is 0 Å². The minimum Gasteiger partial charge on any atom is -0.494 e. The third-order valence-corrected chi connectivity index (χ3v) is 2.61. The Kier molecular flexibility index (Phi) is 8.74. The first-order valence-electron chi connectivity index (χ1n) is 6.06. The first kappa shape index (κ1) is 15.4. The lowest BCUT2D eigenvalue weighted by Crippen LogP contribution is -1.99. The lowest BCUT2D eigenvalue weighted by molar-refractivity contribution is 0.155. The zero-order valence-electron chi connectivity index (χ0n) is 10.3. The van der Waals surface area contributed by atoms with Crippen LogP contribution in [0, 0.1) is 0 Å². The number of hydrogen-bond acceptors (Lipinski definition) is 2. The zero-order chi connectivity index (χ0) is 13.1. The molecule has 0 atom stereocenters. The maximum absolute atomic E-state index is 5.58. The second kappa shape index (κ2) is 10.2. The highest BCUT2D eigenvalue weighted by Gasteiger charge is 1.93. The second-order valence-electron chi connectivity index (χ2n) is 3.79. The summed E-state index contributed by atoms with van der Waals surface area (Å²) >= 11 is 10.9. The normalized spacial score (nSPS) is 10.1. The average molecular weight is 289 g/mol. The molecule has 0 spiro atoms. The van der Waals surface area contributed by atoms with Crippen LogP contribution in [0.15, 0.2) is 40.9 Å². The molecule has 0 aliphatic rings. The van der Waals surface area contributed by atoms with Crippen LogP contribution in [0.4, 0.5) is 0 Å². The van der Waals surface area contributed by atoms with E-state index in [1.807, 2.05) is 30.3 Å². The topological polar surface area (TPSA) is 18.5 Å². The van der Waals surface area contributed by atoms with Gasteiger partial charge in [-0.1, -0.05) is 41.4 Å². The van der Waals surface area contributed by atoms with Crippen LogP contribution in [0.25, 0.3) is 0 Å². The molecule has 2 nitrogen and oxygen atoms in total. The summed E-state index contributed by atoms with van der Waals surface area (Å²) in [6.07, 6.45) is 4.78. The third-order valence-electron chi connectivity index (χ3n) is 2.30. The summed E-state index contributed by atoms with van der Waals surface area (Å²) in [4.78, 5) is 0. The number of rotatable bonds is 9. The van der Waals surface area contributed by atoms with Crippen molar-refractivity contribution in [2.45, 2.75) is 19.3 Å². The Balaban J connectivity index is 1.89. The molecule has 4 heteroatoms. The van der Waals surface area contributed by atoms with E-state index in [9.17, 15) is 0 Å². The molecule has 0 amide bonds. The minimum atomic E-state index is 0.256. The van der Waals surface area contributed by atoms with Crippen molar-refractivity contribution in [2.75, 3.05) is 19.8 Å². The molecule has 100 valence electrons. The molecule has 1 aromatic carbocycles. The van der Waals surface area contributed by atoms with Gasteiger partial charge in [0.25, 0.3) is 0 Å². The summed E-state index contributed by atoms with van der Waals surface area (Å²) in [6.45, 7) is 1.95. The van der Waals surface area contributed by atoms with E-state index in [0.29, 0.717) is 6.61 Å². The van der Waals surface area contributed by atoms with Crippen molar-refractivity contribution < 1.29 is 9.47 Å². The summed E-state index contributed by atoms with van der Waals surface area (Å²) in [5.74, 6) is 0.927. The fourth-order valence-corrected chi connectivity index (χ4v) is 1.52. The SMILES string of the molecule is ClC(Cl)=CCOCCCCCOc1ccccc1. The molecule has 0 aromatic heterocycles. The molecule has 0 fully saturated rings. The van der Waals surface area contributed by atoms with Gasteiger partial charge in [-0.05, 0) is 37.5 Å². The molecule has 0 aliphatic heterocycles. The first-order valence-corrected chi connectivity index (χ1v) is 6.81. The van der Waals surface area contributed by atoms with Crippen LogP contribution < -0.4 is 4.74 Å². The van der Waals surface area contributed by atoms with Crippen molar-refractivity contribution in [2.24, 2.45) is 0 Å². The maximum Gasteiger partial charge on any atom is 0.119 e. The van der Waals surface area contributed by atoms with Gasteiger partial charge in [-0.25, -0.2) is 0 Å². The van der Waals surface area contributed by atoms with Gasteiger partial charge >= 0.3 is 0 Å². The van der Waals surface area contributed by atoms with Gasteiger partial charge in [0.15, 0.2) is 0 Å². The lowest BCUT2D eigenvalue weighted by Gasteiger charge is -2.05. The van der Waals surface area contributed by atoms with Crippen molar-refractivity contribution in [3.8, 4) is 5.75 Å². The van der Waals surface area contributed by atoms with E-state index in [1.165, 1.54) is 0 Å². The number of benzene rings is 1. The monoisotopic (exact) mass is 288 g/mol. The number of hydrogen-bond donors (Lipinski definition) is 0. The minimum absolute atomic E-state index is 0.256. The van der Waals surface area contributed by atoms with Crippen molar-refractivity contribution in [1.29, 1.82) is 0 Å². The van der Waals surface area contributed by atoms with Gasteiger partial charge in [0, 0.05) is 6.61 Å². The molecular formula is C14H18Cl2O2. The van der Waals surface area contributed by atoms with Crippen molar-refractivity contribution in [3.63, 3.8) is 0 Å². The fourth-order valence-electron chi connectivity index (χ4n) is 1.39. The molecule has 18 heavy (non-hydrogen) atoms. The summed E-state index contributed by atoms with van der Waals surface area (Å²) in [5.41, 5.74) is 0. The molecule has 0 aliphatic carbocycles. The molecule has 0 heterocycles. The number of halogens is 2. The van der Waals surface area contributed by atoms with E-state index in [0.717, 1.165) is 38.2 Å². The molecule has 0 saturated heterocycles. The smallest absolute Gasteiger partial charge is 0.119 e. The summed E-state index contributed by atoms with van der Waals surface area (Å²) < 4.78 is 11.2. The van der Waals surface area contributed by atoms with Gasteiger partial charge in [0.05, 0.1) is 13.2 Å². The fraction of sp³-hybridized carbons (Fsp3) is 0.429. The van der Waals surface area contributed by atoms with E-state index in [2.05, 4.69) is 0 Å². The summed E-state index contributed by atoms with van der Waals surface area (Å²) in [5, 5.41) is 0. The Labute approximate surface area is 118 Å². The number of unbranched alkanes of at least 4 members (excludes halogenated alkanes) is 2. The quantitative estimate of drug-likeness (QED) is 0.620. The van der Waals surface area contributed by atoms with Crippen molar-refractivity contribution in [1.82, 2.24) is 0 Å². The van der Waals surface area contributed by atoms with Gasteiger partial charge in [-0.15, -0.1) is 0 Å². The first-order chi connectivity index (χ1) is 8.79. The summed E-state index contributed by atoms with van der Waals surface area (Å²) in [7, 11) is 0. The number of ether oxygens (including phenoxy) is 2. The molecule has 0 unspecified atom stereocenters. The second-order valence-corrected chi connectivity index (χ2v) is 4.80. The molecule has 0 radical (unpaired) electrons. The highest BCUT2D eigenvalue weighted by molar-refractivity contribution is 6.55. The molecule has 1 aromatic rings. The van der Waals surface area contributed by atoms with Crippen molar-refractivity contribution >= 4 is 23.2 Å². The summed E-state index contributed by atoms with van der Waals surface area (Å²) in [6, 6.07) is 9.85. The van der Waals surface area contributed by atoms with Crippen LogP contribution in [0.5, 0.6) is 5.75 Å². The van der Waals surface area contributed by atoms with Crippen LogP contribution in [0.1, 0.15) is 19.3 Å². The van der Waals surface area contributed by atoms with E-state index in [1.54, 1.807) is 6.08 Å². The Morgan fingerprint density at radius 1 is 1.00 bits per heavy atom. The van der Waals surface area contributed by atoms with Gasteiger partial charge in [-0.2, -0.15) is 0 Å². The molecule has 0 N–H and O–H groups in total. The van der Waals surface area contributed by atoms with Crippen molar-refractivity contribution in [3.05, 3.63) is 40.9 Å².